The van der Waals surface area contributed by atoms with Crippen molar-refractivity contribution in [2.45, 2.75) is 17.4 Å². The van der Waals surface area contributed by atoms with E-state index in [1.807, 2.05) is 12.1 Å². The number of aromatic nitrogens is 1. The van der Waals surface area contributed by atoms with Crippen molar-refractivity contribution in [3.63, 3.8) is 0 Å². The van der Waals surface area contributed by atoms with E-state index in [0.717, 1.165) is 6.42 Å². The zero-order chi connectivity index (χ0) is 20.3. The van der Waals surface area contributed by atoms with Gasteiger partial charge >= 0.3 is 0 Å². The number of morpholine rings is 1. The highest BCUT2D eigenvalue weighted by atomic mass is 32.2. The Kier molecular flexibility index (Phi) is 5.79. The number of hydrogen-bond acceptors (Lipinski definition) is 6. The van der Waals surface area contributed by atoms with Gasteiger partial charge in [0.25, 0.3) is 5.91 Å². The molecule has 2 saturated heterocycles. The van der Waals surface area contributed by atoms with Crippen LogP contribution in [0.25, 0.3) is 0 Å². The molecule has 0 spiro atoms. The van der Waals surface area contributed by atoms with Crippen LogP contribution in [0.5, 0.6) is 5.88 Å². The third kappa shape index (κ3) is 4.42. The third-order valence-electron chi connectivity index (χ3n) is 5.07. The van der Waals surface area contributed by atoms with Crippen LogP contribution in [0.3, 0.4) is 0 Å². The number of sulfonamides is 1. The molecule has 0 saturated carbocycles. The minimum atomic E-state index is -3.57. The van der Waals surface area contributed by atoms with Gasteiger partial charge in [-0.2, -0.15) is 4.31 Å². The molecular formula is C20H23N3O5S. The van der Waals surface area contributed by atoms with Crippen molar-refractivity contribution < 1.29 is 22.7 Å². The van der Waals surface area contributed by atoms with Crippen LogP contribution in [0, 0.1) is 0 Å². The van der Waals surface area contributed by atoms with Crippen molar-refractivity contribution in [3.8, 4) is 5.88 Å². The molecule has 1 atom stereocenters. The molecule has 1 amide bonds. The summed E-state index contributed by atoms with van der Waals surface area (Å²) < 4.78 is 37.8. The van der Waals surface area contributed by atoms with E-state index in [-0.39, 0.29) is 16.9 Å². The fourth-order valence-electron chi connectivity index (χ4n) is 3.48. The Hall–Kier alpha value is -2.49. The third-order valence-corrected chi connectivity index (χ3v) is 6.98. The summed E-state index contributed by atoms with van der Waals surface area (Å²) in [5, 5.41) is 0. The predicted octanol–water partition coefficient (Wildman–Crippen LogP) is 1.40. The van der Waals surface area contributed by atoms with E-state index >= 15 is 0 Å². The summed E-state index contributed by atoms with van der Waals surface area (Å²) in [6.07, 6.45) is 2.29. The van der Waals surface area contributed by atoms with E-state index in [1.54, 1.807) is 29.3 Å². The molecule has 1 aromatic heterocycles. The number of nitrogens with zero attached hydrogens (tertiary/aromatic N) is 3. The molecule has 0 aliphatic carbocycles. The Morgan fingerprint density at radius 1 is 1.07 bits per heavy atom. The van der Waals surface area contributed by atoms with Crippen molar-refractivity contribution in [2.24, 2.45) is 0 Å². The highest BCUT2D eigenvalue weighted by molar-refractivity contribution is 7.89. The fraction of sp³-hybridized carbons (Fsp3) is 0.400. The summed E-state index contributed by atoms with van der Waals surface area (Å²) in [7, 11) is -3.57. The van der Waals surface area contributed by atoms with Gasteiger partial charge in [0.1, 0.15) is 6.10 Å². The zero-order valence-corrected chi connectivity index (χ0v) is 16.8. The first-order valence-electron chi connectivity index (χ1n) is 9.59. The molecule has 154 valence electrons. The first-order chi connectivity index (χ1) is 14.0. The Balaban J connectivity index is 1.39. The summed E-state index contributed by atoms with van der Waals surface area (Å²) in [6.45, 7) is 2.54. The largest absolute Gasteiger partial charge is 0.472 e. The Labute approximate surface area is 170 Å². The summed E-state index contributed by atoms with van der Waals surface area (Å²) in [6, 6.07) is 11.6. The molecule has 1 aromatic carbocycles. The van der Waals surface area contributed by atoms with Crippen molar-refractivity contribution in [2.75, 3.05) is 39.4 Å². The van der Waals surface area contributed by atoms with Crippen molar-refractivity contribution in [1.29, 1.82) is 0 Å². The van der Waals surface area contributed by atoms with E-state index in [0.29, 0.717) is 50.8 Å². The van der Waals surface area contributed by atoms with Gasteiger partial charge in [-0.1, -0.05) is 6.07 Å². The molecule has 29 heavy (non-hydrogen) atoms. The molecule has 4 rings (SSSR count). The molecule has 0 radical (unpaired) electrons. The lowest BCUT2D eigenvalue weighted by atomic mass is 10.2. The van der Waals surface area contributed by atoms with Crippen LogP contribution in [-0.2, 0) is 14.8 Å². The SMILES string of the molecule is O=C(c1ccc(S(=O)(=O)N2CCOCC2)cc1)N1CCC(Oc2ccccn2)C1. The fourth-order valence-corrected chi connectivity index (χ4v) is 4.89. The van der Waals surface area contributed by atoms with Crippen LogP contribution in [0.2, 0.25) is 0 Å². The average molecular weight is 417 g/mol. The number of rotatable bonds is 5. The van der Waals surface area contributed by atoms with Gasteiger partial charge in [0.05, 0.1) is 24.7 Å². The van der Waals surface area contributed by atoms with Crippen LogP contribution in [0.15, 0.2) is 53.6 Å². The van der Waals surface area contributed by atoms with Gasteiger partial charge in [-0.15, -0.1) is 0 Å². The van der Waals surface area contributed by atoms with E-state index < -0.39 is 10.0 Å². The molecule has 2 aliphatic rings. The monoisotopic (exact) mass is 417 g/mol. The number of amides is 1. The van der Waals surface area contributed by atoms with Crippen LogP contribution in [0.4, 0.5) is 0 Å². The predicted molar refractivity (Wildman–Crippen MR) is 105 cm³/mol. The van der Waals surface area contributed by atoms with Crippen molar-refractivity contribution >= 4 is 15.9 Å². The number of carbonyl (C=O) groups excluding carboxylic acids is 1. The second-order valence-corrected chi connectivity index (χ2v) is 8.93. The Bertz CT molecular complexity index is 944. The van der Waals surface area contributed by atoms with Gasteiger partial charge in [-0.3, -0.25) is 4.79 Å². The smallest absolute Gasteiger partial charge is 0.253 e. The van der Waals surface area contributed by atoms with Crippen molar-refractivity contribution in [1.82, 2.24) is 14.2 Å². The number of benzene rings is 1. The number of ether oxygens (including phenoxy) is 2. The molecule has 1 unspecified atom stereocenters. The van der Waals surface area contributed by atoms with E-state index in [2.05, 4.69) is 4.98 Å². The maximum absolute atomic E-state index is 12.8. The van der Waals surface area contributed by atoms with E-state index in [1.165, 1.54) is 16.4 Å². The standard InChI is InChI=1S/C20H23N3O5S/c24-20(22-10-8-17(15-22)28-19-3-1-2-9-21-19)16-4-6-18(7-5-16)29(25,26)23-11-13-27-14-12-23/h1-7,9,17H,8,10-15H2. The van der Waals surface area contributed by atoms with Crippen LogP contribution < -0.4 is 4.74 Å². The molecule has 2 fully saturated rings. The van der Waals surface area contributed by atoms with E-state index in [4.69, 9.17) is 9.47 Å². The molecule has 3 heterocycles. The number of hydrogen-bond donors (Lipinski definition) is 0. The maximum atomic E-state index is 12.8. The first kappa shape index (κ1) is 19.8. The average Bonchev–Trinajstić information content (AvgIpc) is 3.23. The topological polar surface area (TPSA) is 89.0 Å². The maximum Gasteiger partial charge on any atom is 0.253 e. The van der Waals surface area contributed by atoms with Gasteiger partial charge < -0.3 is 14.4 Å². The molecule has 8 nitrogen and oxygen atoms in total. The number of pyridine rings is 1. The highest BCUT2D eigenvalue weighted by Gasteiger charge is 2.30. The lowest BCUT2D eigenvalue weighted by molar-refractivity contribution is 0.0730. The first-order valence-corrected chi connectivity index (χ1v) is 11.0. The quantitative estimate of drug-likeness (QED) is 0.731. The van der Waals surface area contributed by atoms with Gasteiger partial charge in [0.2, 0.25) is 15.9 Å². The van der Waals surface area contributed by atoms with Crippen LogP contribution in [0.1, 0.15) is 16.8 Å². The Morgan fingerprint density at radius 2 is 1.83 bits per heavy atom. The minimum Gasteiger partial charge on any atom is -0.472 e. The van der Waals surface area contributed by atoms with Gasteiger partial charge in [0.15, 0.2) is 0 Å². The lowest BCUT2D eigenvalue weighted by Gasteiger charge is -2.26. The number of carbonyl (C=O) groups is 1. The minimum absolute atomic E-state index is 0.102. The van der Waals surface area contributed by atoms with Gasteiger partial charge in [-0.25, -0.2) is 13.4 Å². The van der Waals surface area contributed by atoms with E-state index in [9.17, 15) is 13.2 Å². The number of likely N-dealkylation sites (tertiary alicyclic amines) is 1. The lowest BCUT2D eigenvalue weighted by Crippen LogP contribution is -2.40. The summed E-state index contributed by atoms with van der Waals surface area (Å²) in [5.74, 6) is 0.414. The van der Waals surface area contributed by atoms with Crippen molar-refractivity contribution in [3.05, 3.63) is 54.2 Å². The van der Waals surface area contributed by atoms with Crippen LogP contribution >= 0.6 is 0 Å². The second-order valence-electron chi connectivity index (χ2n) is 6.99. The molecule has 2 aromatic rings. The van der Waals surface area contributed by atoms with Crippen LogP contribution in [-0.4, -0.2) is 74.0 Å². The normalized spacial score (nSPS) is 20.6. The molecular weight excluding hydrogens is 394 g/mol. The summed E-state index contributed by atoms with van der Waals surface area (Å²) in [4.78, 5) is 18.8. The molecule has 0 bridgehead atoms. The molecule has 2 aliphatic heterocycles. The Morgan fingerprint density at radius 3 is 2.52 bits per heavy atom. The molecule has 9 heteroatoms. The van der Waals surface area contributed by atoms with Gasteiger partial charge in [-0.05, 0) is 30.3 Å². The zero-order valence-electron chi connectivity index (χ0n) is 15.9. The highest BCUT2D eigenvalue weighted by Crippen LogP contribution is 2.21. The second kappa shape index (κ2) is 8.48. The summed E-state index contributed by atoms with van der Waals surface area (Å²) >= 11 is 0. The molecule has 0 N–H and O–H groups in total. The van der Waals surface area contributed by atoms with Gasteiger partial charge in [0, 0.05) is 43.9 Å². The summed E-state index contributed by atoms with van der Waals surface area (Å²) in [5.41, 5.74) is 0.462.